The van der Waals surface area contributed by atoms with Crippen LogP contribution in [0.25, 0.3) is 0 Å². The molecule has 0 atom stereocenters. The van der Waals surface area contributed by atoms with Crippen molar-refractivity contribution in [1.29, 1.82) is 0 Å². The van der Waals surface area contributed by atoms with Gasteiger partial charge in [-0.1, -0.05) is 42.5 Å². The lowest BCUT2D eigenvalue weighted by Crippen LogP contribution is -2.38. The molecule has 1 aliphatic rings. The van der Waals surface area contributed by atoms with E-state index in [0.29, 0.717) is 17.9 Å². The van der Waals surface area contributed by atoms with E-state index in [0.717, 1.165) is 16.9 Å². The molecule has 0 aromatic heterocycles. The van der Waals surface area contributed by atoms with Crippen LogP contribution in [0.4, 0.5) is 11.4 Å². The number of benzene rings is 3. The molecule has 5 nitrogen and oxygen atoms in total. The van der Waals surface area contributed by atoms with Gasteiger partial charge in [-0.3, -0.25) is 9.59 Å². The van der Waals surface area contributed by atoms with Crippen LogP contribution in [-0.2, 0) is 11.3 Å². The van der Waals surface area contributed by atoms with Gasteiger partial charge in [0.25, 0.3) is 11.8 Å². The summed E-state index contributed by atoms with van der Waals surface area (Å²) in [6.45, 7) is 0.467. The zero-order valence-electron chi connectivity index (χ0n) is 14.6. The molecular formula is C22H18N2O3. The Labute approximate surface area is 157 Å². The number of carbonyl (C=O) groups is 2. The predicted molar refractivity (Wildman–Crippen MR) is 104 cm³/mol. The van der Waals surface area contributed by atoms with Crippen molar-refractivity contribution in [3.8, 4) is 5.75 Å². The topological polar surface area (TPSA) is 58.6 Å². The number of hydrogen-bond donors (Lipinski definition) is 1. The molecule has 5 heteroatoms. The number of hydrogen-bond acceptors (Lipinski definition) is 3. The summed E-state index contributed by atoms with van der Waals surface area (Å²) in [6.07, 6.45) is 0. The standard InChI is InChI=1S/C22H18N2O3/c25-21-15-27-20-9-5-4-8-19(20)24(21)14-16-10-12-17(13-11-16)22(26)23-18-6-2-1-3-7-18/h1-13H,14-15H2,(H,23,26). The highest BCUT2D eigenvalue weighted by atomic mass is 16.5. The number of carbonyl (C=O) groups excluding carboxylic acids is 2. The van der Waals surface area contributed by atoms with Gasteiger partial charge in [0.2, 0.25) is 0 Å². The first kappa shape index (κ1) is 16.8. The molecule has 0 saturated carbocycles. The van der Waals surface area contributed by atoms with Crippen LogP contribution >= 0.6 is 0 Å². The van der Waals surface area contributed by atoms with Crippen molar-refractivity contribution < 1.29 is 14.3 Å². The molecule has 2 amide bonds. The van der Waals surface area contributed by atoms with Gasteiger partial charge in [-0.05, 0) is 42.0 Å². The first-order chi connectivity index (χ1) is 13.2. The summed E-state index contributed by atoms with van der Waals surface area (Å²) in [4.78, 5) is 26.3. The van der Waals surface area contributed by atoms with Crippen LogP contribution in [0.1, 0.15) is 15.9 Å². The number of para-hydroxylation sites is 3. The third-order valence-corrected chi connectivity index (χ3v) is 4.40. The number of rotatable bonds is 4. The molecule has 0 fully saturated rings. The third kappa shape index (κ3) is 3.67. The first-order valence-corrected chi connectivity index (χ1v) is 8.68. The van der Waals surface area contributed by atoms with Gasteiger partial charge in [-0.25, -0.2) is 0 Å². The Morgan fingerprint density at radius 3 is 2.41 bits per heavy atom. The van der Waals surface area contributed by atoms with E-state index in [2.05, 4.69) is 5.32 Å². The van der Waals surface area contributed by atoms with Crippen LogP contribution in [-0.4, -0.2) is 18.4 Å². The average molecular weight is 358 g/mol. The van der Waals surface area contributed by atoms with E-state index in [1.165, 1.54) is 0 Å². The van der Waals surface area contributed by atoms with E-state index >= 15 is 0 Å². The van der Waals surface area contributed by atoms with Crippen molar-refractivity contribution in [2.75, 3.05) is 16.8 Å². The Morgan fingerprint density at radius 2 is 1.63 bits per heavy atom. The molecule has 3 aromatic rings. The van der Waals surface area contributed by atoms with Gasteiger partial charge in [0.15, 0.2) is 6.61 Å². The Balaban J connectivity index is 1.48. The molecule has 1 N–H and O–H groups in total. The third-order valence-electron chi connectivity index (χ3n) is 4.40. The molecule has 1 aliphatic heterocycles. The number of nitrogens with zero attached hydrogens (tertiary/aromatic N) is 1. The van der Waals surface area contributed by atoms with E-state index in [-0.39, 0.29) is 18.4 Å². The Hall–Kier alpha value is -3.60. The second-order valence-electron chi connectivity index (χ2n) is 6.25. The molecule has 1 heterocycles. The second kappa shape index (κ2) is 7.33. The summed E-state index contributed by atoms with van der Waals surface area (Å²) >= 11 is 0. The Bertz CT molecular complexity index is 968. The van der Waals surface area contributed by atoms with E-state index in [9.17, 15) is 9.59 Å². The highest BCUT2D eigenvalue weighted by Gasteiger charge is 2.25. The summed E-state index contributed by atoms with van der Waals surface area (Å²) in [7, 11) is 0. The minimum atomic E-state index is -0.166. The van der Waals surface area contributed by atoms with Gasteiger partial charge in [0.1, 0.15) is 5.75 Å². The molecule has 0 saturated heterocycles. The van der Waals surface area contributed by atoms with Gasteiger partial charge in [-0.2, -0.15) is 0 Å². The lowest BCUT2D eigenvalue weighted by atomic mass is 10.1. The second-order valence-corrected chi connectivity index (χ2v) is 6.25. The quantitative estimate of drug-likeness (QED) is 0.770. The lowest BCUT2D eigenvalue weighted by Gasteiger charge is -2.29. The maximum atomic E-state index is 12.3. The van der Waals surface area contributed by atoms with Crippen LogP contribution in [0, 0.1) is 0 Å². The number of fused-ring (bicyclic) bond motifs is 1. The van der Waals surface area contributed by atoms with E-state index < -0.39 is 0 Å². The summed E-state index contributed by atoms with van der Waals surface area (Å²) in [6, 6.07) is 24.1. The van der Waals surface area contributed by atoms with Gasteiger partial charge < -0.3 is 15.0 Å². The minimum absolute atomic E-state index is 0.0363. The Morgan fingerprint density at radius 1 is 0.926 bits per heavy atom. The summed E-state index contributed by atoms with van der Waals surface area (Å²) in [5.41, 5.74) is 3.02. The highest BCUT2D eigenvalue weighted by molar-refractivity contribution is 6.04. The van der Waals surface area contributed by atoms with Crippen molar-refractivity contribution in [2.24, 2.45) is 0 Å². The number of ether oxygens (including phenoxy) is 1. The van der Waals surface area contributed by atoms with Crippen molar-refractivity contribution in [3.05, 3.63) is 90.0 Å². The predicted octanol–water partition coefficient (Wildman–Crippen LogP) is 3.86. The number of anilines is 2. The Kier molecular flexibility index (Phi) is 4.58. The molecule has 27 heavy (non-hydrogen) atoms. The van der Waals surface area contributed by atoms with Gasteiger partial charge in [0.05, 0.1) is 12.2 Å². The molecule has 0 spiro atoms. The molecule has 4 rings (SSSR count). The first-order valence-electron chi connectivity index (χ1n) is 8.68. The monoisotopic (exact) mass is 358 g/mol. The molecule has 0 bridgehead atoms. The zero-order valence-corrected chi connectivity index (χ0v) is 14.6. The summed E-state index contributed by atoms with van der Waals surface area (Å²) in [5, 5.41) is 2.86. The van der Waals surface area contributed by atoms with E-state index in [1.54, 1.807) is 17.0 Å². The summed E-state index contributed by atoms with van der Waals surface area (Å²) in [5.74, 6) is 0.455. The van der Waals surface area contributed by atoms with Crippen molar-refractivity contribution in [1.82, 2.24) is 0 Å². The van der Waals surface area contributed by atoms with Crippen LogP contribution in [0.3, 0.4) is 0 Å². The smallest absolute Gasteiger partial charge is 0.265 e. The molecular weight excluding hydrogens is 340 g/mol. The lowest BCUT2D eigenvalue weighted by molar-refractivity contribution is -0.121. The average Bonchev–Trinajstić information content (AvgIpc) is 2.71. The molecule has 0 radical (unpaired) electrons. The highest BCUT2D eigenvalue weighted by Crippen LogP contribution is 2.32. The van der Waals surface area contributed by atoms with Crippen molar-refractivity contribution in [2.45, 2.75) is 6.54 Å². The maximum absolute atomic E-state index is 12.3. The zero-order chi connectivity index (χ0) is 18.6. The van der Waals surface area contributed by atoms with Crippen LogP contribution in [0.15, 0.2) is 78.9 Å². The molecule has 0 aliphatic carbocycles. The molecule has 0 unspecified atom stereocenters. The van der Waals surface area contributed by atoms with Gasteiger partial charge >= 0.3 is 0 Å². The summed E-state index contributed by atoms with van der Waals surface area (Å²) < 4.78 is 5.47. The van der Waals surface area contributed by atoms with E-state index in [1.807, 2.05) is 66.7 Å². The minimum Gasteiger partial charge on any atom is -0.482 e. The fourth-order valence-electron chi connectivity index (χ4n) is 3.00. The fourth-order valence-corrected chi connectivity index (χ4v) is 3.00. The van der Waals surface area contributed by atoms with Crippen LogP contribution in [0.5, 0.6) is 5.75 Å². The maximum Gasteiger partial charge on any atom is 0.265 e. The van der Waals surface area contributed by atoms with Gasteiger partial charge in [-0.15, -0.1) is 0 Å². The van der Waals surface area contributed by atoms with Crippen LogP contribution < -0.4 is 15.0 Å². The number of nitrogens with one attached hydrogen (secondary N) is 1. The number of amides is 2. The van der Waals surface area contributed by atoms with Crippen LogP contribution in [0.2, 0.25) is 0 Å². The van der Waals surface area contributed by atoms with Crippen molar-refractivity contribution >= 4 is 23.2 Å². The molecule has 134 valence electrons. The van der Waals surface area contributed by atoms with Gasteiger partial charge in [0, 0.05) is 11.3 Å². The fraction of sp³-hybridized carbons (Fsp3) is 0.0909. The largest absolute Gasteiger partial charge is 0.482 e. The normalized spacial score (nSPS) is 12.9. The van der Waals surface area contributed by atoms with Crippen molar-refractivity contribution in [3.63, 3.8) is 0 Å². The molecule has 3 aromatic carbocycles. The SMILES string of the molecule is O=C(Nc1ccccc1)c1ccc(CN2C(=O)COc3ccccc32)cc1. The van der Waals surface area contributed by atoms with E-state index in [4.69, 9.17) is 4.74 Å².